The van der Waals surface area contributed by atoms with Crippen molar-refractivity contribution in [3.8, 4) is 0 Å². The molecular formula is C30H35FN4O3S. The summed E-state index contributed by atoms with van der Waals surface area (Å²) >= 11 is 1.55. The average Bonchev–Trinajstić information content (AvgIpc) is 2.93. The molecule has 0 bridgehead atoms. The van der Waals surface area contributed by atoms with Gasteiger partial charge in [0, 0.05) is 47.7 Å². The lowest BCUT2D eigenvalue weighted by atomic mass is 10.0. The molecule has 0 saturated carbocycles. The van der Waals surface area contributed by atoms with E-state index in [-0.39, 0.29) is 17.0 Å². The molecule has 2 amide bonds. The SMILES string of the molecule is CC(C)(CN1CCOCC1)NSc1ccc(NC(=O)C(Cc2ccccc2)NC(=O)c2ccc(F)cc2)cc1. The average molecular weight is 551 g/mol. The summed E-state index contributed by atoms with van der Waals surface area (Å²) in [5, 5.41) is 5.72. The number of nitrogens with one attached hydrogen (secondary N) is 3. The van der Waals surface area contributed by atoms with Gasteiger partial charge in [-0.05, 0) is 79.9 Å². The fourth-order valence-corrected chi connectivity index (χ4v) is 5.02. The molecule has 206 valence electrons. The molecule has 0 aromatic heterocycles. The molecule has 1 aliphatic heterocycles. The molecule has 1 unspecified atom stereocenters. The van der Waals surface area contributed by atoms with Gasteiger partial charge in [0.2, 0.25) is 5.91 Å². The van der Waals surface area contributed by atoms with Crippen LogP contribution in [0.25, 0.3) is 0 Å². The van der Waals surface area contributed by atoms with E-state index in [1.165, 1.54) is 24.3 Å². The molecule has 4 rings (SSSR count). The van der Waals surface area contributed by atoms with Gasteiger partial charge in [-0.3, -0.25) is 19.2 Å². The van der Waals surface area contributed by atoms with Crippen molar-refractivity contribution in [1.29, 1.82) is 0 Å². The summed E-state index contributed by atoms with van der Waals surface area (Å²) in [5.41, 5.74) is 1.73. The van der Waals surface area contributed by atoms with E-state index in [0.29, 0.717) is 12.1 Å². The zero-order valence-electron chi connectivity index (χ0n) is 22.3. The highest BCUT2D eigenvalue weighted by Gasteiger charge is 2.24. The Balaban J connectivity index is 1.36. The van der Waals surface area contributed by atoms with E-state index in [1.807, 2.05) is 54.6 Å². The molecule has 0 aliphatic carbocycles. The quantitative estimate of drug-likeness (QED) is 0.305. The summed E-state index contributed by atoms with van der Waals surface area (Å²) in [5.74, 6) is -1.20. The number of hydrogen-bond acceptors (Lipinski definition) is 6. The number of hydrogen-bond donors (Lipinski definition) is 3. The maximum atomic E-state index is 13.3. The van der Waals surface area contributed by atoms with Crippen LogP contribution in [-0.2, 0) is 16.0 Å². The molecule has 1 fully saturated rings. The van der Waals surface area contributed by atoms with Gasteiger partial charge in [-0.25, -0.2) is 4.39 Å². The van der Waals surface area contributed by atoms with Crippen LogP contribution < -0.4 is 15.4 Å². The fraction of sp³-hybridized carbons (Fsp3) is 0.333. The minimum atomic E-state index is -0.818. The Kier molecular flexibility index (Phi) is 10.1. The van der Waals surface area contributed by atoms with Gasteiger partial charge in [0.15, 0.2) is 0 Å². The van der Waals surface area contributed by atoms with Gasteiger partial charge in [0.1, 0.15) is 11.9 Å². The molecular weight excluding hydrogens is 515 g/mol. The number of morpholine rings is 1. The number of benzene rings is 3. The van der Waals surface area contributed by atoms with E-state index in [0.717, 1.165) is 43.3 Å². The Hall–Kier alpha value is -3.24. The number of rotatable bonds is 11. The topological polar surface area (TPSA) is 82.7 Å². The Morgan fingerprint density at radius 1 is 0.974 bits per heavy atom. The summed E-state index contributed by atoms with van der Waals surface area (Å²) in [4.78, 5) is 29.5. The molecule has 7 nitrogen and oxygen atoms in total. The number of carbonyl (C=O) groups is 2. The number of halogens is 1. The first-order valence-electron chi connectivity index (χ1n) is 13.0. The van der Waals surface area contributed by atoms with Crippen molar-refractivity contribution in [1.82, 2.24) is 14.9 Å². The van der Waals surface area contributed by atoms with Crippen LogP contribution in [0.1, 0.15) is 29.8 Å². The number of amides is 2. The van der Waals surface area contributed by atoms with Crippen LogP contribution in [0.4, 0.5) is 10.1 Å². The highest BCUT2D eigenvalue weighted by Crippen LogP contribution is 2.22. The van der Waals surface area contributed by atoms with Crippen LogP contribution in [-0.4, -0.2) is 61.1 Å². The van der Waals surface area contributed by atoms with Crippen molar-refractivity contribution in [3.05, 3.63) is 95.8 Å². The fourth-order valence-electron chi connectivity index (χ4n) is 4.29. The molecule has 3 aromatic carbocycles. The lowest BCUT2D eigenvalue weighted by Crippen LogP contribution is -2.49. The molecule has 0 spiro atoms. The lowest BCUT2D eigenvalue weighted by molar-refractivity contribution is -0.118. The first-order valence-corrected chi connectivity index (χ1v) is 13.8. The van der Waals surface area contributed by atoms with Crippen LogP contribution in [0, 0.1) is 5.82 Å². The van der Waals surface area contributed by atoms with Crippen molar-refractivity contribution in [2.45, 2.75) is 36.7 Å². The molecule has 39 heavy (non-hydrogen) atoms. The number of carbonyl (C=O) groups excluding carboxylic acids is 2. The third-order valence-electron chi connectivity index (χ3n) is 6.30. The van der Waals surface area contributed by atoms with Gasteiger partial charge in [-0.15, -0.1) is 0 Å². The maximum absolute atomic E-state index is 13.3. The van der Waals surface area contributed by atoms with E-state index >= 15 is 0 Å². The minimum Gasteiger partial charge on any atom is -0.379 e. The van der Waals surface area contributed by atoms with Gasteiger partial charge in [0.05, 0.1) is 13.2 Å². The van der Waals surface area contributed by atoms with Crippen LogP contribution in [0.2, 0.25) is 0 Å². The monoisotopic (exact) mass is 550 g/mol. The van der Waals surface area contributed by atoms with Gasteiger partial charge < -0.3 is 15.4 Å². The van der Waals surface area contributed by atoms with Crippen molar-refractivity contribution >= 4 is 29.4 Å². The predicted octanol–water partition coefficient (Wildman–Crippen LogP) is 4.51. The highest BCUT2D eigenvalue weighted by molar-refractivity contribution is 7.97. The third-order valence-corrected chi connectivity index (χ3v) is 7.46. The Labute approximate surface area is 233 Å². The van der Waals surface area contributed by atoms with Crippen LogP contribution >= 0.6 is 11.9 Å². The normalized spacial score (nSPS) is 14.9. The van der Waals surface area contributed by atoms with E-state index in [2.05, 4.69) is 34.1 Å². The van der Waals surface area contributed by atoms with Crippen molar-refractivity contribution in [2.75, 3.05) is 38.2 Å². The van der Waals surface area contributed by atoms with Gasteiger partial charge in [-0.1, -0.05) is 30.3 Å². The number of ether oxygens (including phenoxy) is 1. The number of nitrogens with zero attached hydrogens (tertiary/aromatic N) is 1. The first kappa shape index (κ1) is 28.8. The van der Waals surface area contributed by atoms with Crippen molar-refractivity contribution in [2.24, 2.45) is 0 Å². The molecule has 1 aliphatic rings. The van der Waals surface area contributed by atoms with Crippen LogP contribution in [0.5, 0.6) is 0 Å². The lowest BCUT2D eigenvalue weighted by Gasteiger charge is -2.35. The predicted molar refractivity (Wildman–Crippen MR) is 153 cm³/mol. The first-order chi connectivity index (χ1) is 18.8. The molecule has 3 aromatic rings. The van der Waals surface area contributed by atoms with E-state index < -0.39 is 17.8 Å². The Morgan fingerprint density at radius 3 is 2.31 bits per heavy atom. The Morgan fingerprint density at radius 2 is 1.64 bits per heavy atom. The molecule has 1 atom stereocenters. The van der Waals surface area contributed by atoms with E-state index in [4.69, 9.17) is 4.74 Å². The van der Waals surface area contributed by atoms with Gasteiger partial charge in [0.25, 0.3) is 5.91 Å². The van der Waals surface area contributed by atoms with Crippen molar-refractivity contribution < 1.29 is 18.7 Å². The van der Waals surface area contributed by atoms with Crippen LogP contribution in [0.3, 0.4) is 0 Å². The second-order valence-electron chi connectivity index (χ2n) is 10.2. The standard InChI is InChI=1S/C30H35FN4O3S/c1-30(2,21-35-16-18-38-19-17-35)34-39-26-14-12-25(13-15-26)32-29(37)27(20-22-6-4-3-5-7-22)33-28(36)23-8-10-24(31)11-9-23/h3-15,27,34H,16-21H2,1-2H3,(H,32,37)(H,33,36). The largest absolute Gasteiger partial charge is 0.379 e. The molecule has 9 heteroatoms. The summed E-state index contributed by atoms with van der Waals surface area (Å²) in [6, 6.07) is 21.5. The minimum absolute atomic E-state index is 0.0950. The second-order valence-corrected chi connectivity index (χ2v) is 11.1. The molecule has 3 N–H and O–H groups in total. The Bertz CT molecular complexity index is 1220. The maximum Gasteiger partial charge on any atom is 0.251 e. The molecule has 1 saturated heterocycles. The van der Waals surface area contributed by atoms with Gasteiger partial charge in [-0.2, -0.15) is 0 Å². The summed E-state index contributed by atoms with van der Waals surface area (Å²) < 4.78 is 22.3. The van der Waals surface area contributed by atoms with Crippen molar-refractivity contribution in [3.63, 3.8) is 0 Å². The van der Waals surface area contributed by atoms with E-state index in [9.17, 15) is 14.0 Å². The summed E-state index contributed by atoms with van der Waals surface area (Å²) in [6.07, 6.45) is 0.315. The summed E-state index contributed by atoms with van der Waals surface area (Å²) in [6.45, 7) is 8.72. The molecule has 1 heterocycles. The third kappa shape index (κ3) is 9.18. The van der Waals surface area contributed by atoms with Crippen LogP contribution in [0.15, 0.2) is 83.8 Å². The number of anilines is 1. The van der Waals surface area contributed by atoms with Gasteiger partial charge >= 0.3 is 0 Å². The zero-order chi connectivity index (χ0) is 27.7. The summed E-state index contributed by atoms with van der Waals surface area (Å²) in [7, 11) is 0. The molecule has 0 radical (unpaired) electrons. The highest BCUT2D eigenvalue weighted by atomic mass is 32.2. The smallest absolute Gasteiger partial charge is 0.251 e. The van der Waals surface area contributed by atoms with E-state index in [1.54, 1.807) is 11.9 Å². The second kappa shape index (κ2) is 13.7. The zero-order valence-corrected chi connectivity index (χ0v) is 23.1.